The summed E-state index contributed by atoms with van der Waals surface area (Å²) < 4.78 is 0. The Morgan fingerprint density at radius 1 is 1.67 bits per heavy atom. The summed E-state index contributed by atoms with van der Waals surface area (Å²) in [6.45, 7) is 7.59. The molecule has 2 heteroatoms. The van der Waals surface area contributed by atoms with E-state index in [2.05, 4.69) is 6.58 Å². The van der Waals surface area contributed by atoms with Crippen LogP contribution in [-0.2, 0) is 4.79 Å². The molecule has 0 radical (unpaired) electrons. The van der Waals surface area contributed by atoms with Gasteiger partial charge >= 0.3 is 5.97 Å². The zero-order valence-electron chi connectivity index (χ0n) is 7.71. The average molecular weight is 168 g/mol. The van der Waals surface area contributed by atoms with Crippen molar-refractivity contribution in [3.8, 4) is 0 Å². The van der Waals surface area contributed by atoms with Crippen LogP contribution in [0.1, 0.15) is 26.7 Å². The Morgan fingerprint density at radius 3 is 2.67 bits per heavy atom. The standard InChI is InChI=1S/C10H16O2/c1-8(2)5-4-6-9(3)7-10(11)12/h4,6,9H,1,5,7H2,2-3H3,(H,11,12)/b6-4+. The highest BCUT2D eigenvalue weighted by Gasteiger charge is 2.02. The Morgan fingerprint density at radius 2 is 2.25 bits per heavy atom. The molecule has 1 N–H and O–H groups in total. The van der Waals surface area contributed by atoms with Gasteiger partial charge in [0.25, 0.3) is 0 Å². The molecule has 0 aliphatic rings. The molecule has 0 rings (SSSR count). The Labute approximate surface area is 73.6 Å². The topological polar surface area (TPSA) is 37.3 Å². The van der Waals surface area contributed by atoms with Crippen LogP contribution in [0.3, 0.4) is 0 Å². The molecule has 1 unspecified atom stereocenters. The molecule has 0 aliphatic carbocycles. The Balaban J connectivity index is 3.67. The Bertz CT molecular complexity index is 192. The number of hydrogen-bond donors (Lipinski definition) is 1. The molecule has 2 nitrogen and oxygen atoms in total. The second-order valence-corrected chi connectivity index (χ2v) is 3.16. The van der Waals surface area contributed by atoms with Gasteiger partial charge in [-0.3, -0.25) is 4.79 Å². The van der Waals surface area contributed by atoms with Gasteiger partial charge in [0.15, 0.2) is 0 Å². The van der Waals surface area contributed by atoms with E-state index < -0.39 is 5.97 Å². The summed E-state index contributed by atoms with van der Waals surface area (Å²) in [6, 6.07) is 0. The molecule has 0 aliphatic heterocycles. The van der Waals surface area contributed by atoms with Crippen LogP contribution in [-0.4, -0.2) is 11.1 Å². The summed E-state index contributed by atoms with van der Waals surface area (Å²) in [5.74, 6) is -0.635. The quantitative estimate of drug-likeness (QED) is 0.641. The number of carboxylic acids is 1. The summed E-state index contributed by atoms with van der Waals surface area (Å²) in [7, 11) is 0. The Kier molecular flexibility index (Phi) is 5.09. The lowest BCUT2D eigenvalue weighted by atomic mass is 10.1. The van der Waals surface area contributed by atoms with Crippen LogP contribution in [0.2, 0.25) is 0 Å². The number of rotatable bonds is 5. The van der Waals surface area contributed by atoms with Crippen LogP contribution in [0.4, 0.5) is 0 Å². The zero-order valence-corrected chi connectivity index (χ0v) is 7.71. The zero-order chi connectivity index (χ0) is 9.56. The van der Waals surface area contributed by atoms with Crippen molar-refractivity contribution in [2.45, 2.75) is 26.7 Å². The van der Waals surface area contributed by atoms with Gasteiger partial charge in [-0.1, -0.05) is 31.2 Å². The minimum Gasteiger partial charge on any atom is -0.481 e. The van der Waals surface area contributed by atoms with Crippen LogP contribution in [0, 0.1) is 5.92 Å². The number of carbonyl (C=O) groups is 1. The summed E-state index contributed by atoms with van der Waals surface area (Å²) in [4.78, 5) is 10.3. The first kappa shape index (κ1) is 11.0. The van der Waals surface area contributed by atoms with Crippen molar-refractivity contribution in [2.75, 3.05) is 0 Å². The van der Waals surface area contributed by atoms with Gasteiger partial charge in [0.1, 0.15) is 0 Å². The van der Waals surface area contributed by atoms with Crippen LogP contribution in [0.25, 0.3) is 0 Å². The van der Waals surface area contributed by atoms with Crippen LogP contribution < -0.4 is 0 Å². The number of carboxylic acid groups (broad SMARTS) is 1. The summed E-state index contributed by atoms with van der Waals surface area (Å²) >= 11 is 0. The Hall–Kier alpha value is -1.05. The molecular weight excluding hydrogens is 152 g/mol. The van der Waals surface area contributed by atoms with Gasteiger partial charge in [-0.2, -0.15) is 0 Å². The third-order valence-electron chi connectivity index (χ3n) is 1.43. The van der Waals surface area contributed by atoms with E-state index in [1.165, 1.54) is 0 Å². The molecule has 0 heterocycles. The molecule has 0 bridgehead atoms. The van der Waals surface area contributed by atoms with Crippen molar-refractivity contribution >= 4 is 5.97 Å². The molecule has 68 valence electrons. The number of aliphatic carboxylic acids is 1. The van der Waals surface area contributed by atoms with E-state index in [9.17, 15) is 4.79 Å². The molecular formula is C10H16O2. The maximum atomic E-state index is 10.3. The van der Waals surface area contributed by atoms with E-state index in [1.54, 1.807) is 0 Å². The van der Waals surface area contributed by atoms with Crippen molar-refractivity contribution in [3.63, 3.8) is 0 Å². The van der Waals surface area contributed by atoms with E-state index >= 15 is 0 Å². The van der Waals surface area contributed by atoms with Gasteiger partial charge in [0, 0.05) is 0 Å². The summed E-state index contributed by atoms with van der Waals surface area (Å²) in [5, 5.41) is 8.44. The summed E-state index contributed by atoms with van der Waals surface area (Å²) in [5.41, 5.74) is 1.09. The molecule has 12 heavy (non-hydrogen) atoms. The maximum Gasteiger partial charge on any atom is 0.303 e. The smallest absolute Gasteiger partial charge is 0.303 e. The highest BCUT2D eigenvalue weighted by atomic mass is 16.4. The van der Waals surface area contributed by atoms with Crippen LogP contribution >= 0.6 is 0 Å². The number of allylic oxidation sites excluding steroid dienone is 3. The largest absolute Gasteiger partial charge is 0.481 e. The third kappa shape index (κ3) is 7.06. The van der Waals surface area contributed by atoms with Gasteiger partial charge in [-0.05, 0) is 19.3 Å². The first-order chi connectivity index (χ1) is 5.52. The van der Waals surface area contributed by atoms with Crippen molar-refractivity contribution in [1.29, 1.82) is 0 Å². The lowest BCUT2D eigenvalue weighted by Gasteiger charge is -2.00. The normalized spacial score (nSPS) is 13.2. The second kappa shape index (κ2) is 5.58. The van der Waals surface area contributed by atoms with Crippen molar-refractivity contribution in [1.82, 2.24) is 0 Å². The molecule has 0 aromatic carbocycles. The molecule has 0 saturated carbocycles. The van der Waals surface area contributed by atoms with Gasteiger partial charge in [-0.25, -0.2) is 0 Å². The van der Waals surface area contributed by atoms with Crippen molar-refractivity contribution < 1.29 is 9.90 Å². The highest BCUT2D eigenvalue weighted by molar-refractivity contribution is 5.67. The average Bonchev–Trinajstić information content (AvgIpc) is 1.84. The first-order valence-corrected chi connectivity index (χ1v) is 4.05. The minimum absolute atomic E-state index is 0.113. The summed E-state index contributed by atoms with van der Waals surface area (Å²) in [6.07, 6.45) is 4.93. The fourth-order valence-corrected chi connectivity index (χ4v) is 0.845. The molecule has 0 amide bonds. The van der Waals surface area contributed by atoms with E-state index in [0.717, 1.165) is 12.0 Å². The molecule has 0 saturated heterocycles. The second-order valence-electron chi connectivity index (χ2n) is 3.16. The minimum atomic E-state index is -0.748. The fourth-order valence-electron chi connectivity index (χ4n) is 0.845. The predicted octanol–water partition coefficient (Wildman–Crippen LogP) is 2.62. The van der Waals surface area contributed by atoms with Crippen molar-refractivity contribution in [2.24, 2.45) is 5.92 Å². The maximum absolute atomic E-state index is 10.3. The van der Waals surface area contributed by atoms with Gasteiger partial charge in [0.2, 0.25) is 0 Å². The van der Waals surface area contributed by atoms with Gasteiger partial charge < -0.3 is 5.11 Å². The van der Waals surface area contributed by atoms with E-state index in [0.29, 0.717) is 0 Å². The molecule has 0 aromatic rings. The SMILES string of the molecule is C=C(C)C/C=C/C(C)CC(=O)O. The van der Waals surface area contributed by atoms with E-state index in [4.69, 9.17) is 5.11 Å². The lowest BCUT2D eigenvalue weighted by molar-refractivity contribution is -0.137. The number of hydrogen-bond acceptors (Lipinski definition) is 1. The van der Waals surface area contributed by atoms with Crippen LogP contribution in [0.15, 0.2) is 24.3 Å². The molecule has 0 spiro atoms. The first-order valence-electron chi connectivity index (χ1n) is 4.05. The lowest BCUT2D eigenvalue weighted by Crippen LogP contribution is -2.00. The predicted molar refractivity (Wildman–Crippen MR) is 50.0 cm³/mol. The van der Waals surface area contributed by atoms with E-state index in [-0.39, 0.29) is 12.3 Å². The molecule has 1 atom stereocenters. The van der Waals surface area contributed by atoms with Crippen molar-refractivity contribution in [3.05, 3.63) is 24.3 Å². The van der Waals surface area contributed by atoms with Crippen LogP contribution in [0.5, 0.6) is 0 Å². The van der Waals surface area contributed by atoms with Gasteiger partial charge in [0.05, 0.1) is 6.42 Å². The monoisotopic (exact) mass is 168 g/mol. The highest BCUT2D eigenvalue weighted by Crippen LogP contribution is 2.05. The molecule has 0 aromatic heterocycles. The molecule has 0 fully saturated rings. The third-order valence-corrected chi connectivity index (χ3v) is 1.43. The fraction of sp³-hybridized carbons (Fsp3) is 0.500. The van der Waals surface area contributed by atoms with E-state index in [1.807, 2.05) is 26.0 Å². The van der Waals surface area contributed by atoms with Gasteiger partial charge in [-0.15, -0.1) is 0 Å².